The Morgan fingerprint density at radius 2 is 1.81 bits per heavy atom. The number of benzene rings is 2. The molecule has 0 aromatic heterocycles. The van der Waals surface area contributed by atoms with E-state index in [4.69, 9.17) is 22.4 Å². The number of anilines is 1. The molecule has 0 spiro atoms. The first-order valence-electron chi connectivity index (χ1n) is 7.22. The van der Waals surface area contributed by atoms with Gasteiger partial charge in [-0.15, -0.1) is 0 Å². The molecule has 1 amide bonds. The van der Waals surface area contributed by atoms with Gasteiger partial charge in [0.25, 0.3) is 10.0 Å². The molecule has 4 N–H and O–H groups in total. The lowest BCUT2D eigenvalue weighted by molar-refractivity contribution is -0.119. The summed E-state index contributed by atoms with van der Waals surface area (Å²) in [6.07, 6.45) is -2.52. The number of nitrogens with zero attached hydrogens (tertiary/aromatic N) is 1. The molecule has 10 heteroatoms. The van der Waals surface area contributed by atoms with Crippen molar-refractivity contribution in [3.8, 4) is 0 Å². The summed E-state index contributed by atoms with van der Waals surface area (Å²) in [4.78, 5) is 22.1. The molecular formula is C16H15ClN2O6S. The number of amides is 1. The number of carboxylic acid groups (broad SMARTS) is 1. The molecule has 0 bridgehead atoms. The lowest BCUT2D eigenvalue weighted by atomic mass is 10.2. The van der Waals surface area contributed by atoms with Gasteiger partial charge in [-0.2, -0.15) is 0 Å². The van der Waals surface area contributed by atoms with E-state index in [2.05, 4.69) is 0 Å². The van der Waals surface area contributed by atoms with Crippen LogP contribution in [0.4, 0.5) is 5.69 Å². The van der Waals surface area contributed by atoms with E-state index in [1.807, 2.05) is 0 Å². The third kappa shape index (κ3) is 4.31. The molecule has 8 nitrogen and oxygen atoms in total. The Bertz CT molecular complexity index is 947. The topological polar surface area (TPSA) is 138 Å². The number of nitrogens with two attached hydrogens (primary N) is 1. The van der Waals surface area contributed by atoms with Crippen LogP contribution in [0.2, 0.25) is 5.02 Å². The molecule has 0 saturated carbocycles. The number of carbonyl (C=O) groups excluding carboxylic acids is 1. The van der Waals surface area contributed by atoms with Crippen molar-refractivity contribution < 1.29 is 28.2 Å². The molecule has 1 atom stereocenters. The summed E-state index contributed by atoms with van der Waals surface area (Å²) in [6.45, 7) is 0. The molecule has 0 radical (unpaired) electrons. The molecule has 0 aliphatic rings. The van der Waals surface area contributed by atoms with Crippen LogP contribution in [0.15, 0.2) is 53.4 Å². The van der Waals surface area contributed by atoms with E-state index >= 15 is 0 Å². The Morgan fingerprint density at radius 3 is 2.38 bits per heavy atom. The van der Waals surface area contributed by atoms with Gasteiger partial charge >= 0.3 is 5.97 Å². The SMILES string of the molecule is NC(=O)CC(O)N(c1cccc(C(=O)O)c1)S(=O)(=O)c1cccc(Cl)c1. The summed E-state index contributed by atoms with van der Waals surface area (Å²) in [5, 5.41) is 19.6. The van der Waals surface area contributed by atoms with E-state index in [1.54, 1.807) is 0 Å². The summed E-state index contributed by atoms with van der Waals surface area (Å²) >= 11 is 5.83. The number of aromatic carboxylic acids is 1. The van der Waals surface area contributed by atoms with Gasteiger partial charge in [-0.05, 0) is 36.4 Å². The number of carboxylic acids is 1. The maximum absolute atomic E-state index is 13.0. The third-order valence-electron chi connectivity index (χ3n) is 3.35. The molecular weight excluding hydrogens is 384 g/mol. The summed E-state index contributed by atoms with van der Waals surface area (Å²) in [5.41, 5.74) is 4.72. The molecule has 0 fully saturated rings. The number of primary amides is 1. The van der Waals surface area contributed by atoms with Crippen LogP contribution in [0.1, 0.15) is 16.8 Å². The van der Waals surface area contributed by atoms with Crippen LogP contribution in [0.5, 0.6) is 0 Å². The zero-order valence-corrected chi connectivity index (χ0v) is 14.8. The lowest BCUT2D eigenvalue weighted by Crippen LogP contribution is -2.42. The largest absolute Gasteiger partial charge is 0.478 e. The van der Waals surface area contributed by atoms with Crippen molar-refractivity contribution in [1.29, 1.82) is 0 Å². The van der Waals surface area contributed by atoms with Gasteiger partial charge in [-0.3, -0.25) is 4.79 Å². The third-order valence-corrected chi connectivity index (χ3v) is 5.41. The normalized spacial score (nSPS) is 12.4. The number of aliphatic hydroxyl groups is 1. The van der Waals surface area contributed by atoms with Crippen molar-refractivity contribution in [2.24, 2.45) is 5.73 Å². The zero-order valence-electron chi connectivity index (χ0n) is 13.2. The van der Waals surface area contributed by atoms with Crippen molar-refractivity contribution in [2.75, 3.05) is 4.31 Å². The molecule has 0 aliphatic heterocycles. The first-order valence-corrected chi connectivity index (χ1v) is 9.04. The molecule has 26 heavy (non-hydrogen) atoms. The maximum atomic E-state index is 13.0. The van der Waals surface area contributed by atoms with E-state index in [0.29, 0.717) is 4.31 Å². The number of hydrogen-bond donors (Lipinski definition) is 3. The van der Waals surface area contributed by atoms with Crippen LogP contribution in [0.3, 0.4) is 0 Å². The van der Waals surface area contributed by atoms with Crippen LogP contribution in [-0.2, 0) is 14.8 Å². The number of hydrogen-bond acceptors (Lipinski definition) is 5. The van der Waals surface area contributed by atoms with E-state index < -0.39 is 34.5 Å². The van der Waals surface area contributed by atoms with Crippen LogP contribution in [0.25, 0.3) is 0 Å². The average molecular weight is 399 g/mol. The average Bonchev–Trinajstić information content (AvgIpc) is 2.54. The number of carbonyl (C=O) groups is 2. The Hall–Kier alpha value is -2.62. The van der Waals surface area contributed by atoms with E-state index in [9.17, 15) is 23.1 Å². The number of rotatable bonds is 7. The molecule has 0 aliphatic carbocycles. The van der Waals surface area contributed by atoms with Crippen molar-refractivity contribution in [3.05, 3.63) is 59.1 Å². The second kappa shape index (κ2) is 7.73. The van der Waals surface area contributed by atoms with Gasteiger partial charge in [-0.25, -0.2) is 17.5 Å². The second-order valence-corrected chi connectivity index (χ2v) is 7.52. The zero-order chi connectivity index (χ0) is 19.5. The minimum absolute atomic E-state index is 0.140. The Kier molecular flexibility index (Phi) is 5.86. The summed E-state index contributed by atoms with van der Waals surface area (Å²) in [7, 11) is -4.37. The van der Waals surface area contributed by atoms with E-state index in [-0.39, 0.29) is 21.2 Å². The van der Waals surface area contributed by atoms with Crippen molar-refractivity contribution in [2.45, 2.75) is 17.5 Å². The van der Waals surface area contributed by atoms with Gasteiger partial charge in [0, 0.05) is 5.02 Å². The highest BCUT2D eigenvalue weighted by Gasteiger charge is 2.32. The smallest absolute Gasteiger partial charge is 0.335 e. The molecule has 138 valence electrons. The molecule has 1 unspecified atom stereocenters. The second-order valence-electron chi connectivity index (χ2n) is 5.26. The van der Waals surface area contributed by atoms with E-state index in [0.717, 1.165) is 6.07 Å². The predicted molar refractivity (Wildman–Crippen MR) is 94.3 cm³/mol. The Balaban J connectivity index is 2.63. The number of aliphatic hydroxyl groups excluding tert-OH is 1. The first-order chi connectivity index (χ1) is 12.1. The van der Waals surface area contributed by atoms with Crippen LogP contribution < -0.4 is 10.0 Å². The lowest BCUT2D eigenvalue weighted by Gasteiger charge is -2.29. The van der Waals surface area contributed by atoms with E-state index in [1.165, 1.54) is 42.5 Å². The standard InChI is InChI=1S/C16H15ClN2O6S/c17-11-4-2-6-13(8-11)26(24,25)19(15(21)9-14(18)20)12-5-1-3-10(7-12)16(22)23/h1-8,15,21H,9H2,(H2,18,20)(H,22,23). The highest BCUT2D eigenvalue weighted by molar-refractivity contribution is 7.92. The van der Waals surface area contributed by atoms with Gasteiger partial charge in [0.05, 0.1) is 22.6 Å². The fourth-order valence-corrected chi connectivity index (χ4v) is 4.05. The van der Waals surface area contributed by atoms with Gasteiger partial charge in [0.2, 0.25) is 5.91 Å². The molecule has 2 aromatic carbocycles. The summed E-state index contributed by atoms with van der Waals surface area (Å²) in [5.74, 6) is -2.21. The molecule has 2 aromatic rings. The van der Waals surface area contributed by atoms with Gasteiger partial charge in [-0.1, -0.05) is 23.7 Å². The quantitative estimate of drug-likeness (QED) is 0.603. The van der Waals surface area contributed by atoms with Crippen LogP contribution in [0, 0.1) is 0 Å². The van der Waals surface area contributed by atoms with Crippen molar-refractivity contribution in [1.82, 2.24) is 0 Å². The maximum Gasteiger partial charge on any atom is 0.335 e. The van der Waals surface area contributed by atoms with Gasteiger partial charge < -0.3 is 15.9 Å². The molecule has 0 saturated heterocycles. The van der Waals surface area contributed by atoms with Crippen molar-refractivity contribution in [3.63, 3.8) is 0 Å². The fraction of sp³-hybridized carbons (Fsp3) is 0.125. The fourth-order valence-electron chi connectivity index (χ4n) is 2.25. The molecule has 0 heterocycles. The summed E-state index contributed by atoms with van der Waals surface area (Å²) in [6, 6.07) is 10.2. The van der Waals surface area contributed by atoms with Crippen LogP contribution >= 0.6 is 11.6 Å². The van der Waals surface area contributed by atoms with Gasteiger partial charge in [0.15, 0.2) is 0 Å². The number of halogens is 1. The monoisotopic (exact) mass is 398 g/mol. The first kappa shape index (κ1) is 19.7. The minimum atomic E-state index is -4.37. The summed E-state index contributed by atoms with van der Waals surface area (Å²) < 4.78 is 26.5. The highest BCUT2D eigenvalue weighted by Crippen LogP contribution is 2.28. The number of sulfonamides is 1. The van der Waals surface area contributed by atoms with Gasteiger partial charge in [0.1, 0.15) is 6.23 Å². The Labute approximate surface area is 154 Å². The predicted octanol–water partition coefficient (Wildman–Crippen LogP) is 1.43. The van der Waals surface area contributed by atoms with Crippen molar-refractivity contribution >= 4 is 39.2 Å². The Morgan fingerprint density at radius 1 is 1.15 bits per heavy atom. The van der Waals surface area contributed by atoms with Crippen LogP contribution in [-0.4, -0.2) is 36.7 Å². The minimum Gasteiger partial charge on any atom is -0.478 e. The highest BCUT2D eigenvalue weighted by atomic mass is 35.5. The molecule has 2 rings (SSSR count).